The Morgan fingerprint density at radius 3 is 2.39 bits per heavy atom. The van der Waals surface area contributed by atoms with E-state index in [9.17, 15) is 8.78 Å². The van der Waals surface area contributed by atoms with E-state index >= 15 is 0 Å². The largest absolute Gasteiger partial charge is 0.392 e. The number of allylic oxidation sites excluding steroid dienone is 9. The Balaban J connectivity index is 2.95. The molecule has 0 aromatic rings. The van der Waals surface area contributed by atoms with E-state index in [-0.39, 0.29) is 24.0 Å². The highest BCUT2D eigenvalue weighted by atomic mass is 19.3. The number of aliphatic hydroxyl groups is 1. The molecule has 0 atom stereocenters. The second-order valence-corrected chi connectivity index (χ2v) is 6.86. The molecule has 0 aromatic carbocycles. The molecule has 3 heteroatoms. The lowest BCUT2D eigenvalue weighted by Crippen LogP contribution is -2.31. The molecule has 0 saturated heterocycles. The minimum Gasteiger partial charge on any atom is -0.392 e. The molecule has 0 saturated carbocycles. The van der Waals surface area contributed by atoms with Gasteiger partial charge in [0, 0.05) is 6.42 Å². The van der Waals surface area contributed by atoms with E-state index in [0.29, 0.717) is 6.42 Å². The van der Waals surface area contributed by atoms with Crippen molar-refractivity contribution >= 4 is 0 Å². The lowest BCUT2D eigenvalue weighted by molar-refractivity contribution is 0.00976. The summed E-state index contributed by atoms with van der Waals surface area (Å²) >= 11 is 0. The molecule has 23 heavy (non-hydrogen) atoms. The Kier molecular flexibility index (Phi) is 6.69. The van der Waals surface area contributed by atoms with Crippen molar-refractivity contribution < 1.29 is 13.9 Å². The molecule has 1 aliphatic carbocycles. The van der Waals surface area contributed by atoms with Gasteiger partial charge in [-0.25, -0.2) is 8.78 Å². The van der Waals surface area contributed by atoms with Gasteiger partial charge in [-0.15, -0.1) is 0 Å². The Morgan fingerprint density at radius 2 is 1.78 bits per heavy atom. The molecule has 1 aliphatic rings. The van der Waals surface area contributed by atoms with Crippen LogP contribution in [0, 0.1) is 5.41 Å². The molecule has 0 spiro atoms. The molecular formula is C20H28F2O. The normalized spacial score (nSPS) is 22.4. The van der Waals surface area contributed by atoms with Gasteiger partial charge in [-0.3, -0.25) is 0 Å². The van der Waals surface area contributed by atoms with Crippen LogP contribution in [-0.2, 0) is 0 Å². The highest BCUT2D eigenvalue weighted by molar-refractivity contribution is 5.39. The monoisotopic (exact) mass is 322 g/mol. The highest BCUT2D eigenvalue weighted by Gasteiger charge is 2.42. The Hall–Kier alpha value is -1.48. The quantitative estimate of drug-likeness (QED) is 0.638. The van der Waals surface area contributed by atoms with Crippen LogP contribution in [0.2, 0.25) is 0 Å². The van der Waals surface area contributed by atoms with E-state index in [4.69, 9.17) is 5.11 Å². The average Bonchev–Trinajstić information content (AvgIpc) is 2.44. The number of hydrogen-bond donors (Lipinski definition) is 1. The number of alkyl halides is 2. The topological polar surface area (TPSA) is 20.2 Å². The molecule has 0 aliphatic heterocycles. The maximum atomic E-state index is 13.9. The first-order chi connectivity index (χ1) is 10.6. The molecule has 1 nitrogen and oxygen atoms in total. The lowest BCUT2D eigenvalue weighted by Gasteiger charge is -2.37. The van der Waals surface area contributed by atoms with Gasteiger partial charge in [-0.1, -0.05) is 61.4 Å². The molecule has 0 bridgehead atoms. The van der Waals surface area contributed by atoms with Gasteiger partial charge in [0.05, 0.1) is 6.61 Å². The van der Waals surface area contributed by atoms with Crippen molar-refractivity contribution in [1.29, 1.82) is 0 Å². The molecule has 1 rings (SSSR count). The van der Waals surface area contributed by atoms with Gasteiger partial charge in [0.15, 0.2) is 0 Å². The van der Waals surface area contributed by atoms with Crippen LogP contribution in [0.3, 0.4) is 0 Å². The van der Waals surface area contributed by atoms with Gasteiger partial charge < -0.3 is 5.11 Å². The summed E-state index contributed by atoms with van der Waals surface area (Å²) in [7, 11) is 0. The molecule has 0 fully saturated rings. The van der Waals surface area contributed by atoms with Gasteiger partial charge in [-0.05, 0) is 43.8 Å². The van der Waals surface area contributed by atoms with E-state index in [1.165, 1.54) is 0 Å². The highest BCUT2D eigenvalue weighted by Crippen LogP contribution is 2.47. The third-order valence-corrected chi connectivity index (χ3v) is 4.39. The first-order valence-electron chi connectivity index (χ1n) is 8.00. The summed E-state index contributed by atoms with van der Waals surface area (Å²) in [6.07, 6.45) is 11.6. The van der Waals surface area contributed by atoms with Crippen molar-refractivity contribution in [3.8, 4) is 0 Å². The minimum absolute atomic E-state index is 0.0233. The molecule has 0 radical (unpaired) electrons. The van der Waals surface area contributed by atoms with Gasteiger partial charge in [-0.2, -0.15) is 0 Å². The Labute approximate surface area is 138 Å². The number of hydrogen-bond acceptors (Lipinski definition) is 1. The van der Waals surface area contributed by atoms with E-state index in [0.717, 1.165) is 16.7 Å². The smallest absolute Gasteiger partial charge is 0.269 e. The Bertz CT molecular complexity index is 572. The molecule has 128 valence electrons. The number of rotatable bonds is 5. The summed E-state index contributed by atoms with van der Waals surface area (Å²) in [6.45, 7) is 9.46. The van der Waals surface area contributed by atoms with Crippen LogP contribution in [-0.4, -0.2) is 17.6 Å². The van der Waals surface area contributed by atoms with Crippen LogP contribution in [0.5, 0.6) is 0 Å². The minimum atomic E-state index is -2.70. The van der Waals surface area contributed by atoms with Crippen LogP contribution in [0.15, 0.2) is 58.7 Å². The summed E-state index contributed by atoms with van der Waals surface area (Å²) in [6, 6.07) is 0. The van der Waals surface area contributed by atoms with Crippen LogP contribution >= 0.6 is 0 Å². The van der Waals surface area contributed by atoms with Gasteiger partial charge in [0.1, 0.15) is 0 Å². The third-order valence-electron chi connectivity index (χ3n) is 4.39. The number of halogens is 2. The zero-order valence-corrected chi connectivity index (χ0v) is 14.8. The predicted molar refractivity (Wildman–Crippen MR) is 93.5 cm³/mol. The lowest BCUT2D eigenvalue weighted by atomic mass is 9.71. The van der Waals surface area contributed by atoms with Crippen molar-refractivity contribution in [3.05, 3.63) is 58.7 Å². The van der Waals surface area contributed by atoms with E-state index in [1.54, 1.807) is 13.0 Å². The summed E-state index contributed by atoms with van der Waals surface area (Å²) in [5, 5.41) is 8.79. The van der Waals surface area contributed by atoms with Crippen LogP contribution < -0.4 is 0 Å². The predicted octanol–water partition coefficient (Wildman–Crippen LogP) is 5.76. The van der Waals surface area contributed by atoms with Crippen molar-refractivity contribution in [3.63, 3.8) is 0 Å². The fraction of sp³-hybridized carbons (Fsp3) is 0.500. The molecular weight excluding hydrogens is 294 g/mol. The van der Waals surface area contributed by atoms with Gasteiger partial charge in [0.2, 0.25) is 0 Å². The average molecular weight is 322 g/mol. The summed E-state index contributed by atoms with van der Waals surface area (Å²) in [5.74, 6) is -2.70. The van der Waals surface area contributed by atoms with Crippen molar-refractivity contribution in [2.45, 2.75) is 53.4 Å². The fourth-order valence-corrected chi connectivity index (χ4v) is 2.68. The van der Waals surface area contributed by atoms with Crippen molar-refractivity contribution in [2.24, 2.45) is 5.41 Å². The maximum Gasteiger partial charge on any atom is 0.269 e. The number of aliphatic hydroxyl groups excluding tert-OH is 1. The van der Waals surface area contributed by atoms with Crippen LogP contribution in [0.1, 0.15) is 47.5 Å². The molecule has 1 N–H and O–H groups in total. The van der Waals surface area contributed by atoms with Gasteiger partial charge in [0.25, 0.3) is 5.92 Å². The van der Waals surface area contributed by atoms with E-state index in [1.807, 2.05) is 58.1 Å². The van der Waals surface area contributed by atoms with Crippen molar-refractivity contribution in [1.82, 2.24) is 0 Å². The van der Waals surface area contributed by atoms with Crippen LogP contribution in [0.25, 0.3) is 0 Å². The Morgan fingerprint density at radius 1 is 1.13 bits per heavy atom. The first-order valence-corrected chi connectivity index (χ1v) is 8.00. The zero-order chi connectivity index (χ0) is 17.7. The molecule has 0 heterocycles. The third kappa shape index (κ3) is 5.58. The standard InChI is InChI=1S/C20H28F2O/c1-15(7-6-8-16(2)11-14-23)9-10-18-17(3)20(21,22)13-12-19(18,4)5/h6-11,23H,12-14H2,1-5H3. The zero-order valence-electron chi connectivity index (χ0n) is 14.8. The molecule has 0 unspecified atom stereocenters. The fourth-order valence-electron chi connectivity index (χ4n) is 2.68. The summed E-state index contributed by atoms with van der Waals surface area (Å²) < 4.78 is 27.9. The second-order valence-electron chi connectivity index (χ2n) is 6.86. The van der Waals surface area contributed by atoms with Crippen LogP contribution in [0.4, 0.5) is 8.78 Å². The summed E-state index contributed by atoms with van der Waals surface area (Å²) in [4.78, 5) is 0. The maximum absolute atomic E-state index is 13.9. The summed E-state index contributed by atoms with van der Waals surface area (Å²) in [5.41, 5.74) is 2.67. The first kappa shape index (κ1) is 19.6. The molecule has 0 aromatic heterocycles. The van der Waals surface area contributed by atoms with E-state index < -0.39 is 5.92 Å². The molecule has 0 amide bonds. The SMILES string of the molecule is CC(C=CC1=C(C)C(F)(F)CCC1(C)C)=CC=CC(C)=CCO. The van der Waals surface area contributed by atoms with Crippen molar-refractivity contribution in [2.75, 3.05) is 6.61 Å². The second kappa shape index (κ2) is 7.87. The van der Waals surface area contributed by atoms with Gasteiger partial charge >= 0.3 is 0 Å². The van der Waals surface area contributed by atoms with E-state index in [2.05, 4.69) is 0 Å².